The van der Waals surface area contributed by atoms with Gasteiger partial charge in [-0.15, -0.1) is 0 Å². The van der Waals surface area contributed by atoms with E-state index in [-0.39, 0.29) is 11.3 Å². The van der Waals surface area contributed by atoms with E-state index in [2.05, 4.69) is 30.7 Å². The highest BCUT2D eigenvalue weighted by atomic mass is 16.3. The predicted octanol–water partition coefficient (Wildman–Crippen LogP) is 1.65. The van der Waals surface area contributed by atoms with Crippen LogP contribution in [0.25, 0.3) is 0 Å². The van der Waals surface area contributed by atoms with E-state index in [1.165, 1.54) is 0 Å². The SMILES string of the molecule is CC(C)N1C(N)=NCC1(C)c1ccc(O)cc1. The van der Waals surface area contributed by atoms with E-state index in [0.29, 0.717) is 18.5 Å². The van der Waals surface area contributed by atoms with Crippen LogP contribution in [0.3, 0.4) is 0 Å². The molecule has 1 heterocycles. The van der Waals surface area contributed by atoms with Crippen molar-refractivity contribution in [2.45, 2.75) is 32.4 Å². The molecule has 4 nitrogen and oxygen atoms in total. The lowest BCUT2D eigenvalue weighted by atomic mass is 9.90. The minimum Gasteiger partial charge on any atom is -0.508 e. The van der Waals surface area contributed by atoms with Gasteiger partial charge in [0.25, 0.3) is 0 Å². The fourth-order valence-corrected chi connectivity index (χ4v) is 2.53. The molecular weight excluding hydrogens is 214 g/mol. The van der Waals surface area contributed by atoms with Crippen LogP contribution in [0.5, 0.6) is 5.75 Å². The first-order valence-electron chi connectivity index (χ1n) is 5.84. The Morgan fingerprint density at radius 2 is 1.94 bits per heavy atom. The van der Waals surface area contributed by atoms with Crippen molar-refractivity contribution >= 4 is 5.96 Å². The Balaban J connectivity index is 2.39. The van der Waals surface area contributed by atoms with Crippen LogP contribution in [0.15, 0.2) is 29.3 Å². The molecule has 4 heteroatoms. The molecule has 17 heavy (non-hydrogen) atoms. The minimum absolute atomic E-state index is 0.216. The van der Waals surface area contributed by atoms with Crippen molar-refractivity contribution in [3.05, 3.63) is 29.8 Å². The summed E-state index contributed by atoms with van der Waals surface area (Å²) >= 11 is 0. The highest BCUT2D eigenvalue weighted by Gasteiger charge is 2.40. The topological polar surface area (TPSA) is 61.8 Å². The zero-order chi connectivity index (χ0) is 12.6. The average molecular weight is 233 g/mol. The predicted molar refractivity (Wildman–Crippen MR) is 68.9 cm³/mol. The van der Waals surface area contributed by atoms with E-state index in [9.17, 15) is 5.11 Å². The first kappa shape index (κ1) is 11.8. The van der Waals surface area contributed by atoms with E-state index in [0.717, 1.165) is 5.56 Å². The van der Waals surface area contributed by atoms with Crippen LogP contribution in [0.2, 0.25) is 0 Å². The third-order valence-electron chi connectivity index (χ3n) is 3.33. The van der Waals surface area contributed by atoms with Crippen LogP contribution in [0, 0.1) is 0 Å². The van der Waals surface area contributed by atoms with Gasteiger partial charge >= 0.3 is 0 Å². The van der Waals surface area contributed by atoms with Gasteiger partial charge in [-0.2, -0.15) is 0 Å². The number of aromatic hydroxyl groups is 1. The number of hydrogen-bond acceptors (Lipinski definition) is 4. The number of nitrogens with two attached hydrogens (primary N) is 1. The van der Waals surface area contributed by atoms with E-state index < -0.39 is 0 Å². The lowest BCUT2D eigenvalue weighted by molar-refractivity contribution is 0.185. The first-order valence-corrected chi connectivity index (χ1v) is 5.84. The third-order valence-corrected chi connectivity index (χ3v) is 3.33. The molecule has 2 rings (SSSR count). The molecule has 0 saturated heterocycles. The van der Waals surface area contributed by atoms with Gasteiger partial charge in [0.2, 0.25) is 0 Å². The number of benzene rings is 1. The Kier molecular flexibility index (Phi) is 2.73. The molecule has 0 aromatic heterocycles. The van der Waals surface area contributed by atoms with E-state index in [1.54, 1.807) is 12.1 Å². The molecule has 3 N–H and O–H groups in total. The fraction of sp³-hybridized carbons (Fsp3) is 0.462. The van der Waals surface area contributed by atoms with Gasteiger partial charge in [-0.1, -0.05) is 12.1 Å². The molecule has 0 aliphatic carbocycles. The van der Waals surface area contributed by atoms with E-state index in [1.807, 2.05) is 12.1 Å². The van der Waals surface area contributed by atoms with Crippen LogP contribution >= 0.6 is 0 Å². The summed E-state index contributed by atoms with van der Waals surface area (Å²) in [6.07, 6.45) is 0. The van der Waals surface area contributed by atoms with E-state index in [4.69, 9.17) is 5.73 Å². The highest BCUT2D eigenvalue weighted by molar-refractivity contribution is 5.81. The van der Waals surface area contributed by atoms with Gasteiger partial charge < -0.3 is 15.7 Å². The minimum atomic E-state index is -0.216. The van der Waals surface area contributed by atoms with Gasteiger partial charge in [0, 0.05) is 6.04 Å². The Morgan fingerprint density at radius 3 is 2.47 bits per heavy atom. The Hall–Kier alpha value is -1.71. The number of hydrogen-bond donors (Lipinski definition) is 2. The zero-order valence-corrected chi connectivity index (χ0v) is 10.5. The average Bonchev–Trinajstić information content (AvgIpc) is 2.56. The first-order chi connectivity index (χ1) is 7.95. The summed E-state index contributed by atoms with van der Waals surface area (Å²) in [4.78, 5) is 6.47. The number of phenolic OH excluding ortho intramolecular Hbond substituents is 1. The summed E-state index contributed by atoms with van der Waals surface area (Å²) in [5.41, 5.74) is 6.85. The number of phenols is 1. The van der Waals surface area contributed by atoms with Crippen molar-refractivity contribution in [2.24, 2.45) is 10.7 Å². The summed E-state index contributed by atoms with van der Waals surface area (Å²) in [7, 11) is 0. The Bertz CT molecular complexity index is 438. The van der Waals surface area contributed by atoms with Crippen LogP contribution in [0.4, 0.5) is 0 Å². The molecule has 92 valence electrons. The lowest BCUT2D eigenvalue weighted by Gasteiger charge is -2.39. The molecule has 1 aromatic rings. The molecule has 0 amide bonds. The molecule has 1 atom stereocenters. The lowest BCUT2D eigenvalue weighted by Crippen LogP contribution is -2.50. The second-order valence-electron chi connectivity index (χ2n) is 4.96. The van der Waals surface area contributed by atoms with Gasteiger partial charge in [0.1, 0.15) is 5.75 Å². The second-order valence-corrected chi connectivity index (χ2v) is 4.96. The fourth-order valence-electron chi connectivity index (χ4n) is 2.53. The standard InChI is InChI=1S/C13H19N3O/c1-9(2)16-12(14)15-8-13(16,3)10-4-6-11(17)7-5-10/h4-7,9,17H,8H2,1-3H3,(H2,14,15). The van der Waals surface area contributed by atoms with Gasteiger partial charge in [0.15, 0.2) is 5.96 Å². The molecule has 0 bridgehead atoms. The van der Waals surface area contributed by atoms with Crippen LogP contribution in [0.1, 0.15) is 26.3 Å². The summed E-state index contributed by atoms with van der Waals surface area (Å²) in [6, 6.07) is 7.55. The molecule has 1 unspecified atom stereocenters. The van der Waals surface area contributed by atoms with Crippen molar-refractivity contribution in [3.63, 3.8) is 0 Å². The van der Waals surface area contributed by atoms with Crippen molar-refractivity contribution in [1.82, 2.24) is 4.90 Å². The molecule has 0 fully saturated rings. The quantitative estimate of drug-likeness (QED) is 0.816. The zero-order valence-electron chi connectivity index (χ0n) is 10.5. The number of aliphatic imine (C=N–C) groups is 1. The van der Waals surface area contributed by atoms with Gasteiger partial charge in [-0.25, -0.2) is 0 Å². The molecule has 1 aromatic carbocycles. The molecule has 1 aliphatic heterocycles. The van der Waals surface area contributed by atoms with Gasteiger partial charge in [-0.3, -0.25) is 4.99 Å². The van der Waals surface area contributed by atoms with Crippen LogP contribution in [-0.4, -0.2) is 28.6 Å². The van der Waals surface area contributed by atoms with Gasteiger partial charge in [0.05, 0.1) is 12.1 Å². The maximum absolute atomic E-state index is 9.34. The van der Waals surface area contributed by atoms with Gasteiger partial charge in [-0.05, 0) is 38.5 Å². The molecule has 1 aliphatic rings. The smallest absolute Gasteiger partial charge is 0.192 e. The largest absolute Gasteiger partial charge is 0.508 e. The van der Waals surface area contributed by atoms with Crippen molar-refractivity contribution in [3.8, 4) is 5.75 Å². The Morgan fingerprint density at radius 1 is 1.35 bits per heavy atom. The molecule has 0 radical (unpaired) electrons. The number of nitrogens with zero attached hydrogens (tertiary/aromatic N) is 2. The summed E-state index contributed by atoms with van der Waals surface area (Å²) in [5, 5.41) is 9.34. The normalized spacial score (nSPS) is 24.2. The summed E-state index contributed by atoms with van der Waals surface area (Å²) < 4.78 is 0. The second kappa shape index (κ2) is 3.95. The third kappa shape index (κ3) is 1.84. The summed E-state index contributed by atoms with van der Waals surface area (Å²) in [5.74, 6) is 0.871. The number of guanidine groups is 1. The maximum Gasteiger partial charge on any atom is 0.192 e. The van der Waals surface area contributed by atoms with Crippen LogP contribution in [-0.2, 0) is 5.54 Å². The van der Waals surface area contributed by atoms with Crippen molar-refractivity contribution < 1.29 is 5.11 Å². The Labute approximate surface area is 102 Å². The monoisotopic (exact) mass is 233 g/mol. The molecule has 0 spiro atoms. The van der Waals surface area contributed by atoms with Crippen LogP contribution < -0.4 is 5.73 Å². The van der Waals surface area contributed by atoms with Crippen molar-refractivity contribution in [2.75, 3.05) is 6.54 Å². The highest BCUT2D eigenvalue weighted by Crippen LogP contribution is 2.34. The van der Waals surface area contributed by atoms with Crippen molar-refractivity contribution in [1.29, 1.82) is 0 Å². The number of rotatable bonds is 2. The maximum atomic E-state index is 9.34. The summed E-state index contributed by atoms with van der Waals surface area (Å²) in [6.45, 7) is 6.99. The molecular formula is C13H19N3O. The molecule has 0 saturated carbocycles. The van der Waals surface area contributed by atoms with E-state index >= 15 is 0 Å².